The number of hydrogen-bond donors (Lipinski definition) is 1. The van der Waals surface area contributed by atoms with Crippen LogP contribution >= 0.6 is 0 Å². The number of ketones is 1. The van der Waals surface area contributed by atoms with Gasteiger partial charge in [0.05, 0.1) is 5.57 Å². The molecule has 110 valence electrons. The van der Waals surface area contributed by atoms with Gasteiger partial charge in [0.1, 0.15) is 5.76 Å². The summed E-state index contributed by atoms with van der Waals surface area (Å²) in [4.78, 5) is 20.5. The molecule has 0 amide bonds. The standard InChI is InChI=1S/C18H16N2O2/c21-16-10-14(13-6-2-1-3-7-13)11-17(22)15(16)12-20-18-8-4-5-9-19-18/h1-9,12,14,21H,10-11H2. The molecule has 1 aromatic heterocycles. The first-order valence-electron chi connectivity index (χ1n) is 7.19. The van der Waals surface area contributed by atoms with Crippen LogP contribution in [0.15, 0.2) is 71.1 Å². The van der Waals surface area contributed by atoms with Crippen LogP contribution in [0.3, 0.4) is 0 Å². The van der Waals surface area contributed by atoms with E-state index in [1.807, 2.05) is 36.4 Å². The molecular formula is C18H16N2O2. The topological polar surface area (TPSA) is 62.5 Å². The molecule has 1 aliphatic carbocycles. The Labute approximate surface area is 128 Å². The second kappa shape index (κ2) is 6.35. The quantitative estimate of drug-likeness (QED) is 0.876. The van der Waals surface area contributed by atoms with Gasteiger partial charge in [-0.2, -0.15) is 0 Å². The zero-order chi connectivity index (χ0) is 15.4. The fourth-order valence-corrected chi connectivity index (χ4v) is 2.58. The lowest BCUT2D eigenvalue weighted by Gasteiger charge is -2.22. The normalized spacial score (nSPS) is 18.9. The van der Waals surface area contributed by atoms with Gasteiger partial charge < -0.3 is 5.11 Å². The summed E-state index contributed by atoms with van der Waals surface area (Å²) in [5, 5.41) is 10.2. The van der Waals surface area contributed by atoms with Crippen molar-refractivity contribution in [2.45, 2.75) is 18.8 Å². The Hall–Kier alpha value is -2.75. The van der Waals surface area contributed by atoms with Gasteiger partial charge in [0.2, 0.25) is 0 Å². The van der Waals surface area contributed by atoms with Crippen LogP contribution in [0.5, 0.6) is 0 Å². The molecule has 0 aliphatic heterocycles. The van der Waals surface area contributed by atoms with Gasteiger partial charge in [-0.25, -0.2) is 9.98 Å². The van der Waals surface area contributed by atoms with Crippen LogP contribution in [0.4, 0.5) is 5.82 Å². The average molecular weight is 292 g/mol. The minimum absolute atomic E-state index is 0.0284. The van der Waals surface area contributed by atoms with Crippen LogP contribution in [-0.2, 0) is 4.79 Å². The molecule has 1 aliphatic rings. The fraction of sp³-hybridized carbons (Fsp3) is 0.167. The third kappa shape index (κ3) is 3.11. The molecule has 1 aromatic carbocycles. The van der Waals surface area contributed by atoms with Gasteiger partial charge in [-0.1, -0.05) is 36.4 Å². The summed E-state index contributed by atoms with van der Waals surface area (Å²) in [6, 6.07) is 15.2. The predicted octanol–water partition coefficient (Wildman–Crippen LogP) is 3.74. The molecule has 3 rings (SSSR count). The van der Waals surface area contributed by atoms with Crippen LogP contribution in [0.1, 0.15) is 24.3 Å². The van der Waals surface area contributed by atoms with E-state index in [0.29, 0.717) is 18.7 Å². The lowest BCUT2D eigenvalue weighted by molar-refractivity contribution is -0.116. The van der Waals surface area contributed by atoms with Crippen LogP contribution in [0.2, 0.25) is 0 Å². The van der Waals surface area contributed by atoms with E-state index in [2.05, 4.69) is 9.98 Å². The van der Waals surface area contributed by atoms with Crippen molar-refractivity contribution < 1.29 is 9.90 Å². The number of benzene rings is 1. The Morgan fingerprint density at radius 2 is 1.86 bits per heavy atom. The molecule has 0 saturated heterocycles. The number of Topliss-reactive ketones (excluding diaryl/α,β-unsaturated/α-hetero) is 1. The Morgan fingerprint density at radius 1 is 1.09 bits per heavy atom. The molecule has 0 bridgehead atoms. The van der Waals surface area contributed by atoms with Crippen LogP contribution in [0.25, 0.3) is 0 Å². The highest BCUT2D eigenvalue weighted by Crippen LogP contribution is 2.32. The molecule has 1 unspecified atom stereocenters. The highest BCUT2D eigenvalue weighted by Gasteiger charge is 2.27. The Balaban J connectivity index is 1.81. The SMILES string of the molecule is O=C1CC(c2ccccc2)CC(O)=C1C=Nc1ccccn1. The summed E-state index contributed by atoms with van der Waals surface area (Å²) >= 11 is 0. The summed E-state index contributed by atoms with van der Waals surface area (Å²) in [7, 11) is 0. The number of pyridine rings is 1. The Bertz CT molecular complexity index is 721. The molecule has 4 heteroatoms. The van der Waals surface area contributed by atoms with E-state index < -0.39 is 0 Å². The Kier molecular flexibility index (Phi) is 4.10. The second-order valence-corrected chi connectivity index (χ2v) is 5.25. The molecule has 0 radical (unpaired) electrons. The first-order chi connectivity index (χ1) is 10.7. The van der Waals surface area contributed by atoms with E-state index in [9.17, 15) is 9.90 Å². The number of aromatic nitrogens is 1. The predicted molar refractivity (Wildman–Crippen MR) is 85.5 cm³/mol. The van der Waals surface area contributed by atoms with Crippen molar-refractivity contribution in [3.05, 3.63) is 71.6 Å². The van der Waals surface area contributed by atoms with E-state index in [1.165, 1.54) is 6.21 Å². The zero-order valence-corrected chi connectivity index (χ0v) is 12.0. The first kappa shape index (κ1) is 14.2. The molecule has 4 nitrogen and oxygen atoms in total. The maximum absolute atomic E-state index is 12.3. The summed E-state index contributed by atoms with van der Waals surface area (Å²) in [5.41, 5.74) is 1.36. The fourth-order valence-electron chi connectivity index (χ4n) is 2.58. The summed E-state index contributed by atoms with van der Waals surface area (Å²) < 4.78 is 0. The molecule has 1 N–H and O–H groups in total. The molecule has 1 heterocycles. The third-order valence-electron chi connectivity index (χ3n) is 3.73. The summed E-state index contributed by atoms with van der Waals surface area (Å²) in [5.74, 6) is 0.559. The van der Waals surface area contributed by atoms with Crippen molar-refractivity contribution in [3.8, 4) is 0 Å². The van der Waals surface area contributed by atoms with E-state index in [0.717, 1.165) is 5.56 Å². The van der Waals surface area contributed by atoms with Crippen LogP contribution in [-0.4, -0.2) is 22.1 Å². The van der Waals surface area contributed by atoms with Crippen molar-refractivity contribution in [1.29, 1.82) is 0 Å². The van der Waals surface area contributed by atoms with E-state index in [-0.39, 0.29) is 23.0 Å². The second-order valence-electron chi connectivity index (χ2n) is 5.25. The smallest absolute Gasteiger partial charge is 0.168 e. The number of rotatable bonds is 3. The lowest BCUT2D eigenvalue weighted by atomic mass is 9.83. The van der Waals surface area contributed by atoms with Gasteiger partial charge in [0.15, 0.2) is 11.6 Å². The minimum Gasteiger partial charge on any atom is -0.511 e. The molecule has 0 saturated carbocycles. The highest BCUT2D eigenvalue weighted by atomic mass is 16.3. The molecule has 22 heavy (non-hydrogen) atoms. The van der Waals surface area contributed by atoms with Crippen molar-refractivity contribution in [3.63, 3.8) is 0 Å². The number of aliphatic hydroxyl groups excluding tert-OH is 1. The molecule has 0 fully saturated rings. The lowest BCUT2D eigenvalue weighted by Crippen LogP contribution is -2.19. The van der Waals surface area contributed by atoms with E-state index >= 15 is 0 Å². The van der Waals surface area contributed by atoms with Crippen LogP contribution < -0.4 is 0 Å². The van der Waals surface area contributed by atoms with Crippen molar-refractivity contribution in [2.24, 2.45) is 4.99 Å². The molecule has 2 aromatic rings. The number of nitrogens with zero attached hydrogens (tertiary/aromatic N) is 2. The van der Waals surface area contributed by atoms with E-state index in [4.69, 9.17) is 0 Å². The van der Waals surface area contributed by atoms with Gasteiger partial charge in [0, 0.05) is 25.3 Å². The third-order valence-corrected chi connectivity index (χ3v) is 3.73. The number of allylic oxidation sites excluding steroid dienone is 2. The van der Waals surface area contributed by atoms with Gasteiger partial charge in [-0.3, -0.25) is 4.79 Å². The monoisotopic (exact) mass is 292 g/mol. The minimum atomic E-state index is -0.0858. The number of carbonyl (C=O) groups excluding carboxylic acids is 1. The first-order valence-corrected chi connectivity index (χ1v) is 7.19. The molecule has 1 atom stereocenters. The van der Waals surface area contributed by atoms with Crippen molar-refractivity contribution >= 4 is 17.8 Å². The van der Waals surface area contributed by atoms with Gasteiger partial charge >= 0.3 is 0 Å². The highest BCUT2D eigenvalue weighted by molar-refractivity contribution is 6.14. The largest absolute Gasteiger partial charge is 0.511 e. The number of aliphatic hydroxyl groups is 1. The number of carbonyl (C=O) groups is 1. The molecular weight excluding hydrogens is 276 g/mol. The van der Waals surface area contributed by atoms with Crippen LogP contribution in [0, 0.1) is 0 Å². The van der Waals surface area contributed by atoms with E-state index in [1.54, 1.807) is 18.3 Å². The van der Waals surface area contributed by atoms with Crippen molar-refractivity contribution in [2.75, 3.05) is 0 Å². The maximum atomic E-state index is 12.3. The van der Waals surface area contributed by atoms with Crippen molar-refractivity contribution in [1.82, 2.24) is 4.98 Å². The average Bonchev–Trinajstić information content (AvgIpc) is 2.56. The number of aliphatic imine (C=N–C) groups is 1. The zero-order valence-electron chi connectivity index (χ0n) is 12.0. The molecule has 0 spiro atoms. The van der Waals surface area contributed by atoms with Gasteiger partial charge in [0.25, 0.3) is 0 Å². The summed E-state index contributed by atoms with van der Waals surface area (Å²) in [6.45, 7) is 0. The Morgan fingerprint density at radius 3 is 2.55 bits per heavy atom. The number of hydrogen-bond acceptors (Lipinski definition) is 4. The summed E-state index contributed by atoms with van der Waals surface area (Å²) in [6.07, 6.45) is 3.90. The van der Waals surface area contributed by atoms with Gasteiger partial charge in [-0.05, 0) is 23.6 Å². The maximum Gasteiger partial charge on any atom is 0.168 e. The van der Waals surface area contributed by atoms with Gasteiger partial charge in [-0.15, -0.1) is 0 Å².